The van der Waals surface area contributed by atoms with Crippen molar-refractivity contribution in [2.24, 2.45) is 0 Å². The molecule has 1 unspecified atom stereocenters. The molecule has 6 heteroatoms. The van der Waals surface area contributed by atoms with Gasteiger partial charge in [0.25, 0.3) is 5.91 Å². The SMILES string of the molecule is CCOC(=O)c1c(NC(=O)C[NH+](C)Cc2ccccc2)sc2c1CCCC2. The van der Waals surface area contributed by atoms with Crippen LogP contribution in [0.25, 0.3) is 0 Å². The van der Waals surface area contributed by atoms with Crippen molar-refractivity contribution in [3.05, 3.63) is 51.9 Å². The highest BCUT2D eigenvalue weighted by Crippen LogP contribution is 2.38. The number of ether oxygens (including phenoxy) is 1. The highest BCUT2D eigenvalue weighted by atomic mass is 32.1. The summed E-state index contributed by atoms with van der Waals surface area (Å²) in [4.78, 5) is 27.4. The van der Waals surface area contributed by atoms with Crippen LogP contribution in [-0.4, -0.2) is 32.1 Å². The predicted molar refractivity (Wildman–Crippen MR) is 107 cm³/mol. The largest absolute Gasteiger partial charge is 0.462 e. The maximum atomic E-state index is 12.6. The molecule has 27 heavy (non-hydrogen) atoms. The van der Waals surface area contributed by atoms with Crippen LogP contribution in [-0.2, 0) is 28.9 Å². The van der Waals surface area contributed by atoms with Gasteiger partial charge in [-0.05, 0) is 38.2 Å². The topological polar surface area (TPSA) is 59.8 Å². The monoisotopic (exact) mass is 387 g/mol. The van der Waals surface area contributed by atoms with Gasteiger partial charge in [0.15, 0.2) is 6.54 Å². The lowest BCUT2D eigenvalue weighted by Gasteiger charge is -2.14. The molecular weight excluding hydrogens is 360 g/mol. The highest BCUT2D eigenvalue weighted by molar-refractivity contribution is 7.17. The maximum Gasteiger partial charge on any atom is 0.341 e. The lowest BCUT2D eigenvalue weighted by Crippen LogP contribution is -3.08. The molecule has 1 aliphatic carbocycles. The normalized spacial score (nSPS) is 14.3. The van der Waals surface area contributed by atoms with Crippen molar-refractivity contribution >= 4 is 28.2 Å². The quantitative estimate of drug-likeness (QED) is 0.718. The van der Waals surface area contributed by atoms with Gasteiger partial charge in [-0.3, -0.25) is 4.79 Å². The number of carbonyl (C=O) groups excluding carboxylic acids is 2. The first-order chi connectivity index (χ1) is 13.1. The summed E-state index contributed by atoms with van der Waals surface area (Å²) in [5.74, 6) is -0.398. The van der Waals surface area contributed by atoms with Crippen LogP contribution in [0.5, 0.6) is 0 Å². The third-order valence-electron chi connectivity index (χ3n) is 4.71. The molecule has 0 fully saturated rings. The summed E-state index contributed by atoms with van der Waals surface area (Å²) >= 11 is 1.53. The van der Waals surface area contributed by atoms with E-state index >= 15 is 0 Å². The van der Waals surface area contributed by atoms with Crippen molar-refractivity contribution in [3.8, 4) is 0 Å². The Morgan fingerprint density at radius 3 is 2.67 bits per heavy atom. The molecular formula is C21H27N2O3S+. The summed E-state index contributed by atoms with van der Waals surface area (Å²) in [6.45, 7) is 3.26. The molecule has 0 bridgehead atoms. The van der Waals surface area contributed by atoms with Crippen LogP contribution in [0.4, 0.5) is 5.00 Å². The van der Waals surface area contributed by atoms with E-state index in [1.54, 1.807) is 6.92 Å². The number of hydrogen-bond acceptors (Lipinski definition) is 4. The van der Waals surface area contributed by atoms with Gasteiger partial charge < -0.3 is 15.0 Å². The molecule has 0 spiro atoms. The molecule has 0 saturated carbocycles. The smallest absolute Gasteiger partial charge is 0.341 e. The van der Waals surface area contributed by atoms with Crippen molar-refractivity contribution in [1.82, 2.24) is 0 Å². The molecule has 1 atom stereocenters. The van der Waals surface area contributed by atoms with E-state index in [0.717, 1.165) is 42.7 Å². The number of amides is 1. The van der Waals surface area contributed by atoms with Crippen molar-refractivity contribution in [3.63, 3.8) is 0 Å². The lowest BCUT2D eigenvalue weighted by atomic mass is 9.95. The van der Waals surface area contributed by atoms with Crippen molar-refractivity contribution < 1.29 is 19.2 Å². The van der Waals surface area contributed by atoms with E-state index in [9.17, 15) is 9.59 Å². The number of benzene rings is 1. The fraction of sp³-hybridized carbons (Fsp3) is 0.429. The molecule has 5 nitrogen and oxygen atoms in total. The van der Waals surface area contributed by atoms with Gasteiger partial charge in [-0.15, -0.1) is 11.3 Å². The molecule has 144 valence electrons. The second-order valence-corrected chi connectivity index (χ2v) is 8.09. The van der Waals surface area contributed by atoms with Crippen LogP contribution in [0.1, 0.15) is 46.1 Å². The Labute approximate surface area is 164 Å². The molecule has 0 aliphatic heterocycles. The van der Waals surface area contributed by atoms with Gasteiger partial charge in [0.1, 0.15) is 11.5 Å². The maximum absolute atomic E-state index is 12.6. The number of rotatable bonds is 7. The summed E-state index contributed by atoms with van der Waals surface area (Å²) in [5, 5.41) is 3.63. The first-order valence-electron chi connectivity index (χ1n) is 9.55. The number of carbonyl (C=O) groups is 2. The minimum atomic E-state index is -0.322. The number of fused-ring (bicyclic) bond motifs is 1. The van der Waals surface area contributed by atoms with Crippen LogP contribution in [0, 0.1) is 0 Å². The average Bonchev–Trinajstić information content (AvgIpc) is 3.00. The number of aryl methyl sites for hydroxylation is 1. The van der Waals surface area contributed by atoms with Crippen molar-refractivity contribution in [2.45, 2.75) is 39.2 Å². The third-order valence-corrected chi connectivity index (χ3v) is 5.92. The van der Waals surface area contributed by atoms with E-state index in [0.29, 0.717) is 23.7 Å². The number of quaternary nitrogens is 1. The zero-order valence-electron chi connectivity index (χ0n) is 16.0. The Balaban J connectivity index is 1.69. The number of hydrogen-bond donors (Lipinski definition) is 2. The Morgan fingerprint density at radius 1 is 1.19 bits per heavy atom. The first kappa shape index (κ1) is 19.6. The first-order valence-corrected chi connectivity index (χ1v) is 10.4. The standard InChI is InChI=1S/C21H26N2O3S/c1-3-26-21(25)19-16-11-7-8-12-17(16)27-20(19)22-18(24)14-23(2)13-15-9-5-4-6-10-15/h4-6,9-10H,3,7-8,11-14H2,1-2H3,(H,22,24)/p+1. The van der Waals surface area contributed by atoms with Crippen molar-refractivity contribution in [2.75, 3.05) is 25.5 Å². The van der Waals surface area contributed by atoms with Gasteiger partial charge in [-0.1, -0.05) is 30.3 Å². The fourth-order valence-electron chi connectivity index (χ4n) is 3.52. The predicted octanol–water partition coefficient (Wildman–Crippen LogP) is 2.46. The number of anilines is 1. The van der Waals surface area contributed by atoms with Crippen molar-refractivity contribution in [1.29, 1.82) is 0 Å². The van der Waals surface area contributed by atoms with Gasteiger partial charge in [-0.25, -0.2) is 4.79 Å². The van der Waals surface area contributed by atoms with E-state index in [4.69, 9.17) is 4.74 Å². The molecule has 1 amide bonds. The lowest BCUT2D eigenvalue weighted by molar-refractivity contribution is -0.885. The summed E-state index contributed by atoms with van der Waals surface area (Å²) in [7, 11) is 2.00. The van der Waals surface area contributed by atoms with Crippen LogP contribution in [0.2, 0.25) is 0 Å². The molecule has 2 aromatic rings. The number of likely N-dealkylation sites (N-methyl/N-ethyl adjacent to an activating group) is 1. The Morgan fingerprint density at radius 2 is 1.93 bits per heavy atom. The number of thiophene rings is 1. The van der Waals surface area contributed by atoms with E-state index in [1.807, 2.05) is 25.2 Å². The molecule has 1 heterocycles. The molecule has 3 rings (SSSR count). The Hall–Kier alpha value is -2.18. The van der Waals surface area contributed by atoms with E-state index in [2.05, 4.69) is 17.4 Å². The van der Waals surface area contributed by atoms with Gasteiger partial charge in [0.2, 0.25) is 0 Å². The Bertz CT molecular complexity index is 801. The minimum Gasteiger partial charge on any atom is -0.462 e. The van der Waals surface area contributed by atoms with Gasteiger partial charge in [0, 0.05) is 10.4 Å². The number of nitrogens with one attached hydrogen (secondary N) is 2. The minimum absolute atomic E-state index is 0.0763. The third kappa shape index (κ3) is 4.96. The van der Waals surface area contributed by atoms with Gasteiger partial charge >= 0.3 is 5.97 Å². The van der Waals surface area contributed by atoms with E-state index < -0.39 is 0 Å². The van der Waals surface area contributed by atoms with E-state index in [-0.39, 0.29) is 11.9 Å². The molecule has 1 aromatic carbocycles. The molecule has 0 radical (unpaired) electrons. The number of esters is 1. The molecule has 1 aliphatic rings. The highest BCUT2D eigenvalue weighted by Gasteiger charge is 2.27. The van der Waals surface area contributed by atoms with Gasteiger partial charge in [-0.2, -0.15) is 0 Å². The molecule has 2 N–H and O–H groups in total. The van der Waals surface area contributed by atoms with Crippen LogP contribution >= 0.6 is 11.3 Å². The zero-order valence-corrected chi connectivity index (χ0v) is 16.8. The fourth-order valence-corrected chi connectivity index (χ4v) is 4.82. The van der Waals surface area contributed by atoms with Crippen LogP contribution in [0.15, 0.2) is 30.3 Å². The summed E-state index contributed by atoms with van der Waals surface area (Å²) < 4.78 is 5.25. The Kier molecular flexibility index (Phi) is 6.63. The zero-order chi connectivity index (χ0) is 19.2. The molecule has 0 saturated heterocycles. The molecule has 1 aromatic heterocycles. The summed E-state index contributed by atoms with van der Waals surface area (Å²) in [6.07, 6.45) is 4.07. The average molecular weight is 388 g/mol. The van der Waals surface area contributed by atoms with Crippen LogP contribution in [0.3, 0.4) is 0 Å². The second-order valence-electron chi connectivity index (χ2n) is 6.98. The summed E-state index contributed by atoms with van der Waals surface area (Å²) in [6, 6.07) is 10.1. The van der Waals surface area contributed by atoms with Crippen LogP contribution < -0.4 is 10.2 Å². The second kappa shape index (κ2) is 9.15. The van der Waals surface area contributed by atoms with E-state index in [1.165, 1.54) is 21.8 Å². The summed E-state index contributed by atoms with van der Waals surface area (Å²) in [5.41, 5.74) is 2.84. The van der Waals surface area contributed by atoms with Gasteiger partial charge in [0.05, 0.1) is 19.2 Å².